The second-order valence-corrected chi connectivity index (χ2v) is 6.31. The molecule has 1 saturated heterocycles. The smallest absolute Gasteiger partial charge is 0.145 e. The fraction of sp³-hybridized carbons (Fsp3) is 0.400. The highest BCUT2D eigenvalue weighted by Crippen LogP contribution is 2.26. The normalized spacial score (nSPS) is 17.2. The lowest BCUT2D eigenvalue weighted by Crippen LogP contribution is -2.34. The zero-order valence-electron chi connectivity index (χ0n) is 11.7. The maximum atomic E-state index is 6.23. The highest BCUT2D eigenvalue weighted by atomic mass is 35.5. The molecule has 3 rings (SSSR count). The minimum absolute atomic E-state index is 0.438. The summed E-state index contributed by atoms with van der Waals surface area (Å²) in [4.78, 5) is 2.40. The lowest BCUT2D eigenvalue weighted by Gasteiger charge is -2.32. The molecule has 0 unspecified atom stereocenters. The number of halogens is 2. The predicted molar refractivity (Wildman–Crippen MR) is 86.6 cm³/mol. The van der Waals surface area contributed by atoms with Crippen molar-refractivity contribution in [3.05, 3.63) is 46.1 Å². The monoisotopic (exact) mass is 324 g/mol. The van der Waals surface area contributed by atoms with Gasteiger partial charge >= 0.3 is 0 Å². The number of anilines is 1. The summed E-state index contributed by atoms with van der Waals surface area (Å²) < 4.78 is 1.99. The molecule has 0 aliphatic carbocycles. The number of hydrogen-bond acceptors (Lipinski definition) is 3. The van der Waals surface area contributed by atoms with E-state index in [1.165, 1.54) is 0 Å². The first-order valence-corrected chi connectivity index (χ1v) is 7.84. The van der Waals surface area contributed by atoms with E-state index in [9.17, 15) is 0 Å². The Kier molecular flexibility index (Phi) is 4.38. The van der Waals surface area contributed by atoms with E-state index < -0.39 is 0 Å². The van der Waals surface area contributed by atoms with Gasteiger partial charge in [0.1, 0.15) is 5.82 Å². The molecule has 1 aromatic heterocycles. The number of benzene rings is 1. The van der Waals surface area contributed by atoms with Crippen molar-refractivity contribution in [2.45, 2.75) is 25.4 Å². The summed E-state index contributed by atoms with van der Waals surface area (Å²) in [5.41, 5.74) is 6.76. The van der Waals surface area contributed by atoms with E-state index in [0.717, 1.165) is 48.1 Å². The number of nitrogens with two attached hydrogens (primary N) is 1. The lowest BCUT2D eigenvalue weighted by atomic mass is 10.0. The average molecular weight is 325 g/mol. The van der Waals surface area contributed by atoms with Crippen molar-refractivity contribution in [2.75, 3.05) is 18.8 Å². The van der Waals surface area contributed by atoms with Gasteiger partial charge in [-0.2, -0.15) is 5.10 Å². The van der Waals surface area contributed by atoms with Gasteiger partial charge in [0.25, 0.3) is 0 Å². The number of likely N-dealkylation sites (tertiary alicyclic amines) is 1. The summed E-state index contributed by atoms with van der Waals surface area (Å²) >= 11 is 12.3. The maximum Gasteiger partial charge on any atom is 0.145 e. The van der Waals surface area contributed by atoms with Crippen LogP contribution in [0.4, 0.5) is 5.82 Å². The largest absolute Gasteiger partial charge is 0.382 e. The van der Waals surface area contributed by atoms with Crippen molar-refractivity contribution >= 4 is 29.0 Å². The van der Waals surface area contributed by atoms with Gasteiger partial charge in [-0.1, -0.05) is 23.2 Å². The van der Waals surface area contributed by atoms with Crippen LogP contribution in [0.2, 0.25) is 10.0 Å². The standard InChI is InChI=1S/C15H18Cl2N4/c16-12-1-2-14(17)11(9-12)10-20-6-3-13(4-7-20)21-8-5-15(18)19-21/h1-2,5,8-9,13H,3-4,6-7,10H2,(H2,18,19). The summed E-state index contributed by atoms with van der Waals surface area (Å²) in [6, 6.07) is 7.91. The Morgan fingerprint density at radius 2 is 1.95 bits per heavy atom. The second-order valence-electron chi connectivity index (χ2n) is 5.46. The van der Waals surface area contributed by atoms with Crippen molar-refractivity contribution < 1.29 is 0 Å². The molecule has 1 aliphatic heterocycles. The van der Waals surface area contributed by atoms with Gasteiger partial charge in [0, 0.05) is 35.9 Å². The van der Waals surface area contributed by atoms with Gasteiger partial charge in [0.2, 0.25) is 0 Å². The molecular weight excluding hydrogens is 307 g/mol. The van der Waals surface area contributed by atoms with Crippen molar-refractivity contribution in [1.82, 2.24) is 14.7 Å². The van der Waals surface area contributed by atoms with Crippen LogP contribution < -0.4 is 5.73 Å². The summed E-state index contributed by atoms with van der Waals surface area (Å²) in [5.74, 6) is 0.586. The van der Waals surface area contributed by atoms with E-state index in [1.54, 1.807) is 0 Å². The van der Waals surface area contributed by atoms with Gasteiger partial charge < -0.3 is 5.73 Å². The summed E-state index contributed by atoms with van der Waals surface area (Å²) in [5, 5.41) is 5.82. The maximum absolute atomic E-state index is 6.23. The molecule has 0 saturated carbocycles. The van der Waals surface area contributed by atoms with Gasteiger partial charge in [-0.05, 0) is 42.7 Å². The van der Waals surface area contributed by atoms with Crippen molar-refractivity contribution in [3.8, 4) is 0 Å². The second kappa shape index (κ2) is 6.26. The van der Waals surface area contributed by atoms with E-state index in [0.29, 0.717) is 11.9 Å². The molecule has 21 heavy (non-hydrogen) atoms. The van der Waals surface area contributed by atoms with Gasteiger partial charge in [-0.25, -0.2) is 0 Å². The fourth-order valence-corrected chi connectivity index (χ4v) is 3.18. The minimum Gasteiger partial charge on any atom is -0.382 e. The number of hydrogen-bond donors (Lipinski definition) is 1. The van der Waals surface area contributed by atoms with Gasteiger partial charge in [-0.15, -0.1) is 0 Å². The summed E-state index contributed by atoms with van der Waals surface area (Å²) in [7, 11) is 0. The van der Waals surface area contributed by atoms with E-state index in [-0.39, 0.29) is 0 Å². The first-order valence-electron chi connectivity index (χ1n) is 7.09. The molecule has 2 heterocycles. The van der Waals surface area contributed by atoms with Crippen LogP contribution in [0, 0.1) is 0 Å². The van der Waals surface area contributed by atoms with Crippen molar-refractivity contribution in [3.63, 3.8) is 0 Å². The van der Waals surface area contributed by atoms with Crippen LogP contribution in [0.25, 0.3) is 0 Å². The van der Waals surface area contributed by atoms with Crippen molar-refractivity contribution in [2.24, 2.45) is 0 Å². The quantitative estimate of drug-likeness (QED) is 0.938. The van der Waals surface area contributed by atoms with Crippen LogP contribution in [0.1, 0.15) is 24.4 Å². The molecule has 0 amide bonds. The first-order chi connectivity index (χ1) is 10.1. The average Bonchev–Trinajstić information content (AvgIpc) is 2.90. The van der Waals surface area contributed by atoms with Crippen LogP contribution in [-0.4, -0.2) is 27.8 Å². The Labute approximate surface area is 134 Å². The van der Waals surface area contributed by atoms with Crippen LogP contribution >= 0.6 is 23.2 Å². The predicted octanol–water partition coefficient (Wildman–Crippen LogP) is 3.61. The molecular formula is C15H18Cl2N4. The molecule has 2 N–H and O–H groups in total. The van der Waals surface area contributed by atoms with Gasteiger partial charge in [0.15, 0.2) is 0 Å². The number of rotatable bonds is 3. The topological polar surface area (TPSA) is 47.1 Å². The highest BCUT2D eigenvalue weighted by Gasteiger charge is 2.21. The molecule has 1 fully saturated rings. The Balaban J connectivity index is 1.60. The van der Waals surface area contributed by atoms with Gasteiger partial charge in [0.05, 0.1) is 6.04 Å². The zero-order chi connectivity index (χ0) is 14.8. The van der Waals surface area contributed by atoms with E-state index >= 15 is 0 Å². The molecule has 6 heteroatoms. The Bertz CT molecular complexity index is 618. The van der Waals surface area contributed by atoms with Crippen LogP contribution in [0.3, 0.4) is 0 Å². The van der Waals surface area contributed by atoms with E-state index in [4.69, 9.17) is 28.9 Å². The summed E-state index contributed by atoms with van der Waals surface area (Å²) in [6.45, 7) is 2.88. The molecule has 1 aromatic carbocycles. The molecule has 2 aromatic rings. The number of piperidine rings is 1. The zero-order valence-corrected chi connectivity index (χ0v) is 13.2. The first kappa shape index (κ1) is 14.7. The van der Waals surface area contributed by atoms with E-state index in [2.05, 4.69) is 10.00 Å². The van der Waals surface area contributed by atoms with Crippen LogP contribution in [0.15, 0.2) is 30.5 Å². The third-order valence-corrected chi connectivity index (χ3v) is 4.57. The Morgan fingerprint density at radius 1 is 1.19 bits per heavy atom. The molecule has 4 nitrogen and oxygen atoms in total. The molecule has 1 aliphatic rings. The van der Waals surface area contributed by atoms with Gasteiger partial charge in [-0.3, -0.25) is 9.58 Å². The number of nitrogen functional groups attached to an aromatic ring is 1. The minimum atomic E-state index is 0.438. The number of aromatic nitrogens is 2. The Morgan fingerprint density at radius 3 is 2.62 bits per heavy atom. The highest BCUT2D eigenvalue weighted by molar-refractivity contribution is 6.33. The molecule has 112 valence electrons. The SMILES string of the molecule is Nc1ccn(C2CCN(Cc3cc(Cl)ccc3Cl)CC2)n1. The third kappa shape index (κ3) is 3.51. The molecule has 0 bridgehead atoms. The van der Waals surface area contributed by atoms with E-state index in [1.807, 2.05) is 35.1 Å². The van der Waals surface area contributed by atoms with Crippen molar-refractivity contribution in [1.29, 1.82) is 0 Å². The molecule has 0 radical (unpaired) electrons. The lowest BCUT2D eigenvalue weighted by molar-refractivity contribution is 0.173. The molecule has 0 spiro atoms. The Hall–Kier alpha value is -1.23. The summed E-state index contributed by atoms with van der Waals surface area (Å²) in [6.07, 6.45) is 4.10. The van der Waals surface area contributed by atoms with Crippen LogP contribution in [-0.2, 0) is 6.54 Å². The number of nitrogens with zero attached hydrogens (tertiary/aromatic N) is 3. The third-order valence-electron chi connectivity index (χ3n) is 3.96. The van der Waals surface area contributed by atoms with Crippen LogP contribution in [0.5, 0.6) is 0 Å². The fourth-order valence-electron chi connectivity index (χ4n) is 2.80. The molecule has 0 atom stereocenters.